The number of ether oxygens (including phenoxy) is 2. The maximum absolute atomic E-state index is 12.3. The number of aromatic hydroxyl groups is 1. The molecule has 3 aromatic rings. The quantitative estimate of drug-likeness (QED) is 0.240. The molecule has 3 aromatic carbocycles. The van der Waals surface area contributed by atoms with E-state index in [1.165, 1.54) is 0 Å². The van der Waals surface area contributed by atoms with Crippen molar-refractivity contribution in [1.82, 2.24) is 0 Å². The highest BCUT2D eigenvalue weighted by molar-refractivity contribution is 7.99. The van der Waals surface area contributed by atoms with Crippen molar-refractivity contribution in [3.05, 3.63) is 81.7 Å². The molecule has 0 fully saturated rings. The molecule has 2 N–H and O–H groups in total. The van der Waals surface area contributed by atoms with Crippen LogP contribution >= 0.6 is 11.8 Å². The lowest BCUT2D eigenvalue weighted by molar-refractivity contribution is 0.0696. The molecule has 1 heterocycles. The summed E-state index contributed by atoms with van der Waals surface area (Å²) >= 11 is 1.61. The van der Waals surface area contributed by atoms with E-state index in [-0.39, 0.29) is 11.3 Å². The van der Waals surface area contributed by atoms with E-state index < -0.39 is 5.97 Å². The Bertz CT molecular complexity index is 1310. The molecule has 0 aromatic heterocycles. The zero-order valence-electron chi connectivity index (χ0n) is 20.6. The number of rotatable bonds is 8. The molecule has 0 aliphatic carbocycles. The Morgan fingerprint density at radius 2 is 1.80 bits per heavy atom. The van der Waals surface area contributed by atoms with Gasteiger partial charge in [0.2, 0.25) is 0 Å². The third-order valence-electron chi connectivity index (χ3n) is 5.42. The molecule has 0 radical (unpaired) electrons. The van der Waals surface area contributed by atoms with Crippen LogP contribution in [-0.4, -0.2) is 35.7 Å². The van der Waals surface area contributed by atoms with Gasteiger partial charge in [0.05, 0.1) is 5.56 Å². The van der Waals surface area contributed by atoms with Crippen LogP contribution in [0.1, 0.15) is 55.1 Å². The van der Waals surface area contributed by atoms with Gasteiger partial charge in [-0.05, 0) is 60.0 Å². The SMILES string of the molecule is CC.CC/C=c1/ccc2c(c1)Oc1cc(O)ccc1C=2c1ccc(SCCCOC)cc1C(=O)O. The molecule has 1 aliphatic rings. The average molecular weight is 493 g/mol. The standard InChI is InChI=1S/C27H26O5S.C2H6/c1-3-5-17-6-9-21-24(14-17)32-25-15-18(28)7-10-22(25)26(21)20-11-8-19(16-23(20)27(29)30)33-13-4-12-31-2;1-2/h5-11,14-16,28H,3-4,12-13H2,1-2H3,(H,29,30);1-2H3/b17-5-;. The molecule has 6 heteroatoms. The van der Waals surface area contributed by atoms with Crippen molar-refractivity contribution in [3.63, 3.8) is 0 Å². The first-order valence-electron chi connectivity index (χ1n) is 11.9. The van der Waals surface area contributed by atoms with Crippen molar-refractivity contribution in [2.24, 2.45) is 0 Å². The van der Waals surface area contributed by atoms with Gasteiger partial charge in [-0.25, -0.2) is 4.79 Å². The smallest absolute Gasteiger partial charge is 0.336 e. The minimum Gasteiger partial charge on any atom is -0.508 e. The molecule has 0 spiro atoms. The first kappa shape index (κ1) is 26.4. The van der Waals surface area contributed by atoms with Gasteiger partial charge in [-0.15, -0.1) is 11.8 Å². The van der Waals surface area contributed by atoms with E-state index in [1.54, 1.807) is 43.1 Å². The van der Waals surface area contributed by atoms with Gasteiger partial charge in [0.25, 0.3) is 0 Å². The number of benzene rings is 3. The lowest BCUT2D eigenvalue weighted by atomic mass is 9.89. The highest BCUT2D eigenvalue weighted by atomic mass is 32.2. The number of phenolic OH excluding ortho intramolecular Hbond substituents is 1. The highest BCUT2D eigenvalue weighted by Gasteiger charge is 2.24. The molecule has 0 saturated heterocycles. The first-order chi connectivity index (χ1) is 17.0. The summed E-state index contributed by atoms with van der Waals surface area (Å²) in [5.41, 5.74) is 2.38. The fourth-order valence-corrected chi connectivity index (χ4v) is 4.81. The number of aromatic carboxylic acids is 1. The van der Waals surface area contributed by atoms with Crippen LogP contribution in [-0.2, 0) is 4.74 Å². The second kappa shape index (κ2) is 12.5. The largest absolute Gasteiger partial charge is 0.508 e. The van der Waals surface area contributed by atoms with Crippen molar-refractivity contribution in [2.45, 2.75) is 38.5 Å². The monoisotopic (exact) mass is 492 g/mol. The van der Waals surface area contributed by atoms with E-state index in [9.17, 15) is 15.0 Å². The number of fused-ring (bicyclic) bond motifs is 2. The lowest BCUT2D eigenvalue weighted by Gasteiger charge is -2.22. The minimum atomic E-state index is -0.985. The number of phenols is 1. The van der Waals surface area contributed by atoms with Gasteiger partial charge in [0.15, 0.2) is 0 Å². The molecule has 0 amide bonds. The second-order valence-electron chi connectivity index (χ2n) is 7.73. The van der Waals surface area contributed by atoms with Gasteiger partial charge >= 0.3 is 5.97 Å². The number of carboxylic acid groups (broad SMARTS) is 1. The van der Waals surface area contributed by atoms with Crippen LogP contribution in [0.2, 0.25) is 0 Å². The lowest BCUT2D eigenvalue weighted by Crippen LogP contribution is -2.21. The maximum atomic E-state index is 12.3. The molecular formula is C29H32O5S. The molecule has 0 bridgehead atoms. The number of hydrogen-bond donors (Lipinski definition) is 2. The van der Waals surface area contributed by atoms with E-state index in [4.69, 9.17) is 9.47 Å². The molecule has 0 saturated carbocycles. The fraction of sp³-hybridized carbons (Fsp3) is 0.276. The van der Waals surface area contributed by atoms with Crippen molar-refractivity contribution < 1.29 is 24.5 Å². The Hall–Kier alpha value is -3.22. The van der Waals surface area contributed by atoms with E-state index >= 15 is 0 Å². The summed E-state index contributed by atoms with van der Waals surface area (Å²) in [6, 6.07) is 16.4. The van der Waals surface area contributed by atoms with Crippen LogP contribution in [0.15, 0.2) is 59.5 Å². The van der Waals surface area contributed by atoms with E-state index in [2.05, 4.69) is 13.0 Å². The van der Waals surface area contributed by atoms with Gasteiger partial charge in [-0.3, -0.25) is 0 Å². The van der Waals surface area contributed by atoms with Gasteiger partial charge in [0.1, 0.15) is 17.2 Å². The van der Waals surface area contributed by atoms with Crippen LogP contribution in [0.3, 0.4) is 0 Å². The zero-order valence-corrected chi connectivity index (χ0v) is 21.4. The third kappa shape index (κ3) is 6.08. The summed E-state index contributed by atoms with van der Waals surface area (Å²) in [5.74, 6) is 1.09. The molecule has 5 nitrogen and oxygen atoms in total. The molecule has 0 atom stereocenters. The van der Waals surface area contributed by atoms with Crippen LogP contribution < -0.4 is 15.2 Å². The van der Waals surface area contributed by atoms with Gasteiger partial charge in [-0.1, -0.05) is 39.0 Å². The summed E-state index contributed by atoms with van der Waals surface area (Å²) in [5, 5.41) is 21.9. The normalized spacial score (nSPS) is 12.2. The van der Waals surface area contributed by atoms with Crippen molar-refractivity contribution >= 4 is 29.4 Å². The third-order valence-corrected chi connectivity index (χ3v) is 6.50. The summed E-state index contributed by atoms with van der Waals surface area (Å²) in [6.45, 7) is 6.74. The molecule has 4 rings (SSSR count). The Morgan fingerprint density at radius 1 is 1.03 bits per heavy atom. The maximum Gasteiger partial charge on any atom is 0.336 e. The first-order valence-corrected chi connectivity index (χ1v) is 12.9. The van der Waals surface area contributed by atoms with E-state index in [0.29, 0.717) is 23.7 Å². The van der Waals surface area contributed by atoms with Crippen molar-refractivity contribution in [3.8, 4) is 17.2 Å². The van der Waals surface area contributed by atoms with E-state index in [0.717, 1.165) is 45.1 Å². The average Bonchev–Trinajstić information content (AvgIpc) is 2.86. The topological polar surface area (TPSA) is 76.0 Å². The summed E-state index contributed by atoms with van der Waals surface area (Å²) in [7, 11) is 1.67. The predicted molar refractivity (Wildman–Crippen MR) is 142 cm³/mol. The molecule has 35 heavy (non-hydrogen) atoms. The Morgan fingerprint density at radius 3 is 2.51 bits per heavy atom. The number of carbonyl (C=O) groups is 1. The molecule has 184 valence electrons. The van der Waals surface area contributed by atoms with Crippen LogP contribution in [0.5, 0.6) is 17.2 Å². The zero-order chi connectivity index (χ0) is 25.4. The van der Waals surface area contributed by atoms with E-state index in [1.807, 2.05) is 44.2 Å². The highest BCUT2D eigenvalue weighted by Crippen LogP contribution is 2.39. The fourth-order valence-electron chi connectivity index (χ4n) is 3.95. The van der Waals surface area contributed by atoms with Gasteiger partial charge in [0, 0.05) is 46.8 Å². The predicted octanol–water partition coefficient (Wildman–Crippen LogP) is 5.79. The number of carboxylic acids is 1. The van der Waals surface area contributed by atoms with Crippen LogP contribution in [0.4, 0.5) is 0 Å². The van der Waals surface area contributed by atoms with Crippen LogP contribution in [0, 0.1) is 0 Å². The molecule has 0 unspecified atom stereocenters. The Kier molecular flexibility index (Phi) is 9.40. The molecular weight excluding hydrogens is 460 g/mol. The summed E-state index contributed by atoms with van der Waals surface area (Å²) in [4.78, 5) is 13.2. The number of methoxy groups -OCH3 is 1. The minimum absolute atomic E-state index is 0.0918. The Balaban J connectivity index is 0.00000167. The number of hydrogen-bond acceptors (Lipinski definition) is 5. The van der Waals surface area contributed by atoms with Crippen molar-refractivity contribution in [2.75, 3.05) is 19.5 Å². The number of thioether (sulfide) groups is 1. The second-order valence-corrected chi connectivity index (χ2v) is 8.90. The van der Waals surface area contributed by atoms with Gasteiger partial charge < -0.3 is 19.7 Å². The summed E-state index contributed by atoms with van der Waals surface area (Å²) in [6.07, 6.45) is 3.88. The summed E-state index contributed by atoms with van der Waals surface area (Å²) < 4.78 is 11.2. The van der Waals surface area contributed by atoms with Crippen LogP contribution in [0.25, 0.3) is 11.6 Å². The molecule has 1 aliphatic heterocycles. The van der Waals surface area contributed by atoms with Gasteiger partial charge in [-0.2, -0.15) is 0 Å². The van der Waals surface area contributed by atoms with Crippen molar-refractivity contribution in [1.29, 1.82) is 0 Å². The Labute approximate surface area is 210 Å².